The lowest BCUT2D eigenvalue weighted by molar-refractivity contribution is -0.117. The molecule has 3 rings (SSSR count). The Balaban J connectivity index is 1.97. The van der Waals surface area contributed by atoms with Crippen LogP contribution in [0.2, 0.25) is 0 Å². The normalized spacial score (nSPS) is 28.8. The number of thioether (sulfide) groups is 1. The van der Waals surface area contributed by atoms with Gasteiger partial charge in [0.2, 0.25) is 5.91 Å². The molecule has 7 heteroatoms. The summed E-state index contributed by atoms with van der Waals surface area (Å²) in [6.45, 7) is 3.82. The van der Waals surface area contributed by atoms with Gasteiger partial charge in [-0.2, -0.15) is 4.99 Å². The lowest BCUT2D eigenvalue weighted by Gasteiger charge is -2.31. The van der Waals surface area contributed by atoms with Gasteiger partial charge in [0, 0.05) is 11.7 Å². The first-order valence-corrected chi connectivity index (χ1v) is 10.4. The highest BCUT2D eigenvalue weighted by Crippen LogP contribution is 2.42. The summed E-state index contributed by atoms with van der Waals surface area (Å²) in [7, 11) is -3.01. The smallest absolute Gasteiger partial charge is 0.247 e. The highest BCUT2D eigenvalue weighted by atomic mass is 32.2. The monoisotopic (exact) mass is 352 g/mol. The molecule has 3 atom stereocenters. The van der Waals surface area contributed by atoms with Gasteiger partial charge in [0.15, 0.2) is 15.0 Å². The predicted molar refractivity (Wildman–Crippen MR) is 93.2 cm³/mol. The van der Waals surface area contributed by atoms with Gasteiger partial charge in [-0.15, -0.1) is 0 Å². The van der Waals surface area contributed by atoms with E-state index in [2.05, 4.69) is 4.99 Å². The van der Waals surface area contributed by atoms with Crippen LogP contribution in [0.1, 0.15) is 31.9 Å². The maximum atomic E-state index is 12.0. The maximum absolute atomic E-state index is 12.0. The summed E-state index contributed by atoms with van der Waals surface area (Å²) in [6.07, 6.45) is 0.352. The molecule has 2 aliphatic rings. The number of carbonyl (C=O) groups is 1. The highest BCUT2D eigenvalue weighted by molar-refractivity contribution is 8.15. The van der Waals surface area contributed by atoms with Crippen LogP contribution in [-0.4, -0.2) is 47.2 Å². The summed E-state index contributed by atoms with van der Waals surface area (Å²) in [5.74, 6) is 0.140. The van der Waals surface area contributed by atoms with Crippen molar-refractivity contribution in [2.75, 3.05) is 11.5 Å². The molecule has 2 saturated heterocycles. The third kappa shape index (κ3) is 3.30. The van der Waals surface area contributed by atoms with Crippen molar-refractivity contribution in [3.63, 3.8) is 0 Å². The first kappa shape index (κ1) is 16.5. The molecule has 1 amide bonds. The third-order valence-corrected chi connectivity index (χ3v) is 7.55. The van der Waals surface area contributed by atoms with Crippen LogP contribution in [0.5, 0.6) is 0 Å². The van der Waals surface area contributed by atoms with E-state index in [4.69, 9.17) is 0 Å². The van der Waals surface area contributed by atoms with Crippen LogP contribution in [-0.2, 0) is 14.6 Å². The molecule has 1 aromatic rings. The molecule has 0 N–H and O–H groups in total. The number of rotatable bonds is 3. The summed E-state index contributed by atoms with van der Waals surface area (Å²) in [5, 5.41) is 0.632. The fraction of sp³-hybridized carbons (Fsp3) is 0.500. The number of amides is 1. The van der Waals surface area contributed by atoms with Crippen molar-refractivity contribution < 1.29 is 13.2 Å². The topological polar surface area (TPSA) is 66.8 Å². The molecule has 0 radical (unpaired) electrons. The minimum atomic E-state index is -3.01. The number of amidine groups is 1. The van der Waals surface area contributed by atoms with E-state index in [1.54, 1.807) is 6.92 Å². The molecule has 1 aromatic carbocycles. The van der Waals surface area contributed by atoms with Crippen LogP contribution in [0.4, 0.5) is 0 Å². The predicted octanol–water partition coefficient (Wildman–Crippen LogP) is 2.25. The van der Waals surface area contributed by atoms with Gasteiger partial charge in [0.25, 0.3) is 0 Å². The summed E-state index contributed by atoms with van der Waals surface area (Å²) in [4.78, 5) is 18.0. The van der Waals surface area contributed by atoms with Gasteiger partial charge in [0.1, 0.15) is 0 Å². The lowest BCUT2D eigenvalue weighted by atomic mass is 10.1. The van der Waals surface area contributed by atoms with Crippen molar-refractivity contribution >= 4 is 32.7 Å². The molecule has 0 saturated carbocycles. The Morgan fingerprint density at radius 2 is 2.04 bits per heavy atom. The third-order valence-electron chi connectivity index (χ3n) is 4.33. The number of hydrogen-bond acceptors (Lipinski definition) is 4. The molecule has 0 spiro atoms. The van der Waals surface area contributed by atoms with E-state index in [9.17, 15) is 13.2 Å². The Morgan fingerprint density at radius 1 is 1.35 bits per heavy atom. The Bertz CT molecular complexity index is 731. The van der Waals surface area contributed by atoms with Gasteiger partial charge >= 0.3 is 0 Å². The molecular weight excluding hydrogens is 332 g/mol. The average molecular weight is 352 g/mol. The Morgan fingerprint density at radius 3 is 2.70 bits per heavy atom. The fourth-order valence-electron chi connectivity index (χ4n) is 3.12. The van der Waals surface area contributed by atoms with Gasteiger partial charge < -0.3 is 4.90 Å². The summed E-state index contributed by atoms with van der Waals surface area (Å²) in [5.41, 5.74) is 1.09. The van der Waals surface area contributed by atoms with E-state index < -0.39 is 9.84 Å². The second-order valence-corrected chi connectivity index (χ2v) is 9.30. The van der Waals surface area contributed by atoms with E-state index in [1.165, 1.54) is 11.8 Å². The minimum absolute atomic E-state index is 0.0181. The van der Waals surface area contributed by atoms with E-state index in [1.807, 2.05) is 42.2 Å². The standard InChI is InChI=1S/C16H20N2O3S2/c1-3-15(19)17-16-18(11(2)12-7-5-4-6-8-12)13-9-23(20,21)10-14(13)22-16/h4-8,11,13-14H,3,9-10H2,1-2H3/t11-,13+,14+/m0/s1. The zero-order valence-corrected chi connectivity index (χ0v) is 14.8. The summed E-state index contributed by atoms with van der Waals surface area (Å²) in [6, 6.07) is 9.79. The van der Waals surface area contributed by atoms with Gasteiger partial charge in [-0.25, -0.2) is 8.42 Å². The second kappa shape index (κ2) is 6.28. The van der Waals surface area contributed by atoms with Gasteiger partial charge in [-0.05, 0) is 12.5 Å². The van der Waals surface area contributed by atoms with Gasteiger partial charge in [-0.3, -0.25) is 4.79 Å². The Kier molecular flexibility index (Phi) is 4.51. The quantitative estimate of drug-likeness (QED) is 0.835. The van der Waals surface area contributed by atoms with Crippen molar-refractivity contribution in [2.24, 2.45) is 4.99 Å². The fourth-order valence-corrected chi connectivity index (χ4v) is 7.13. The van der Waals surface area contributed by atoms with Crippen molar-refractivity contribution in [3.05, 3.63) is 35.9 Å². The minimum Gasteiger partial charge on any atom is -0.339 e. The van der Waals surface area contributed by atoms with Crippen molar-refractivity contribution in [1.82, 2.24) is 4.90 Å². The highest BCUT2D eigenvalue weighted by Gasteiger charge is 2.50. The van der Waals surface area contributed by atoms with Crippen LogP contribution in [0, 0.1) is 0 Å². The van der Waals surface area contributed by atoms with E-state index in [0.29, 0.717) is 11.6 Å². The molecule has 124 valence electrons. The van der Waals surface area contributed by atoms with Crippen molar-refractivity contribution in [1.29, 1.82) is 0 Å². The zero-order valence-electron chi connectivity index (χ0n) is 13.2. The molecule has 2 heterocycles. The van der Waals surface area contributed by atoms with Crippen molar-refractivity contribution in [3.8, 4) is 0 Å². The number of carbonyl (C=O) groups excluding carboxylic acids is 1. The molecule has 0 unspecified atom stereocenters. The molecular formula is C16H20N2O3S2. The van der Waals surface area contributed by atoms with Crippen LogP contribution in [0.25, 0.3) is 0 Å². The Hall–Kier alpha value is -1.34. The van der Waals surface area contributed by atoms with Crippen molar-refractivity contribution in [2.45, 2.75) is 37.6 Å². The molecule has 0 bridgehead atoms. The number of aliphatic imine (C=N–C) groups is 1. The van der Waals surface area contributed by atoms with E-state index >= 15 is 0 Å². The number of nitrogens with zero attached hydrogens (tertiary/aromatic N) is 2. The average Bonchev–Trinajstić information content (AvgIpc) is 2.98. The van der Waals surface area contributed by atoms with Crippen LogP contribution in [0.15, 0.2) is 35.3 Å². The lowest BCUT2D eigenvalue weighted by Crippen LogP contribution is -2.39. The number of hydrogen-bond donors (Lipinski definition) is 0. The van der Waals surface area contributed by atoms with Crippen LogP contribution >= 0.6 is 11.8 Å². The SMILES string of the molecule is CCC(=O)N=C1S[C@@H]2CS(=O)(=O)C[C@H]2N1[C@@H](C)c1ccccc1. The zero-order chi connectivity index (χ0) is 16.6. The van der Waals surface area contributed by atoms with Crippen LogP contribution < -0.4 is 0 Å². The molecule has 5 nitrogen and oxygen atoms in total. The molecule has 23 heavy (non-hydrogen) atoms. The number of sulfone groups is 1. The largest absolute Gasteiger partial charge is 0.339 e. The number of benzene rings is 1. The first-order chi connectivity index (χ1) is 10.9. The van der Waals surface area contributed by atoms with E-state index in [0.717, 1.165) is 5.56 Å². The number of fused-ring (bicyclic) bond motifs is 1. The Labute approximate surface area is 141 Å². The van der Waals surface area contributed by atoms with Gasteiger partial charge in [-0.1, -0.05) is 49.0 Å². The molecule has 0 aliphatic carbocycles. The molecule has 2 aliphatic heterocycles. The van der Waals surface area contributed by atoms with E-state index in [-0.39, 0.29) is 34.7 Å². The van der Waals surface area contributed by atoms with Crippen LogP contribution in [0.3, 0.4) is 0 Å². The molecule has 0 aromatic heterocycles. The van der Waals surface area contributed by atoms with Gasteiger partial charge in [0.05, 0.1) is 23.6 Å². The molecule has 2 fully saturated rings. The summed E-state index contributed by atoms with van der Waals surface area (Å²) >= 11 is 1.43. The maximum Gasteiger partial charge on any atom is 0.247 e. The second-order valence-electron chi connectivity index (χ2n) is 5.94. The first-order valence-electron chi connectivity index (χ1n) is 7.73. The summed E-state index contributed by atoms with van der Waals surface area (Å²) < 4.78 is 24.0.